The summed E-state index contributed by atoms with van der Waals surface area (Å²) in [6.07, 6.45) is 4.11. The molecule has 15 heavy (non-hydrogen) atoms. The van der Waals surface area contributed by atoms with E-state index < -0.39 is 0 Å². The smallest absolute Gasteiger partial charge is 0.0119 e. The highest BCUT2D eigenvalue weighted by Gasteiger charge is 2.33. The summed E-state index contributed by atoms with van der Waals surface area (Å²) in [5.41, 5.74) is 0.745. The van der Waals surface area contributed by atoms with Crippen molar-refractivity contribution < 1.29 is 0 Å². The van der Waals surface area contributed by atoms with Gasteiger partial charge in [0.1, 0.15) is 0 Å². The normalized spacial score (nSPS) is 25.8. The molecule has 1 aliphatic rings. The summed E-state index contributed by atoms with van der Waals surface area (Å²) in [4.78, 5) is 0. The molecule has 0 aromatic rings. The maximum atomic E-state index is 3.68. The molecule has 0 bridgehead atoms. The van der Waals surface area contributed by atoms with Crippen LogP contribution in [0.3, 0.4) is 0 Å². The minimum Gasteiger partial charge on any atom is -0.312 e. The summed E-state index contributed by atoms with van der Waals surface area (Å²) in [5, 5.41) is 7.19. The average molecular weight is 212 g/mol. The van der Waals surface area contributed by atoms with Gasteiger partial charge < -0.3 is 10.6 Å². The van der Waals surface area contributed by atoms with Crippen LogP contribution in [0.1, 0.15) is 53.9 Å². The van der Waals surface area contributed by atoms with Crippen molar-refractivity contribution in [2.75, 3.05) is 13.1 Å². The molecule has 1 rings (SSSR count). The first-order chi connectivity index (χ1) is 6.81. The van der Waals surface area contributed by atoms with E-state index in [4.69, 9.17) is 0 Å². The van der Waals surface area contributed by atoms with Crippen LogP contribution in [0.4, 0.5) is 0 Å². The van der Waals surface area contributed by atoms with Gasteiger partial charge in [0.05, 0.1) is 0 Å². The third-order valence-corrected chi connectivity index (χ3v) is 3.43. The van der Waals surface area contributed by atoms with Crippen molar-refractivity contribution in [2.24, 2.45) is 5.41 Å². The molecule has 0 spiro atoms. The Labute approximate surface area is 95.2 Å². The maximum absolute atomic E-state index is 3.68. The molecular weight excluding hydrogens is 184 g/mol. The Balaban J connectivity index is 2.15. The topological polar surface area (TPSA) is 24.1 Å². The van der Waals surface area contributed by atoms with Crippen LogP contribution in [0.15, 0.2) is 0 Å². The van der Waals surface area contributed by atoms with E-state index >= 15 is 0 Å². The van der Waals surface area contributed by atoms with Gasteiger partial charge in [-0.05, 0) is 39.0 Å². The van der Waals surface area contributed by atoms with Crippen molar-refractivity contribution >= 4 is 0 Å². The predicted octanol–water partition coefficient (Wildman–Crippen LogP) is 2.54. The van der Waals surface area contributed by atoms with Crippen molar-refractivity contribution in [3.8, 4) is 0 Å². The minimum absolute atomic E-state index is 0.243. The average Bonchev–Trinajstić information content (AvgIpc) is 2.37. The number of hydrogen-bond acceptors (Lipinski definition) is 2. The van der Waals surface area contributed by atoms with E-state index in [1.165, 1.54) is 19.3 Å². The van der Waals surface area contributed by atoms with Crippen LogP contribution in [0.25, 0.3) is 0 Å². The second-order valence-corrected chi connectivity index (χ2v) is 6.56. The number of rotatable bonds is 4. The van der Waals surface area contributed by atoms with E-state index in [0.717, 1.165) is 19.1 Å². The van der Waals surface area contributed by atoms with Crippen molar-refractivity contribution in [1.82, 2.24) is 10.6 Å². The molecule has 0 amide bonds. The zero-order chi connectivity index (χ0) is 11.5. The molecule has 1 aliphatic carbocycles. The van der Waals surface area contributed by atoms with Gasteiger partial charge in [0, 0.05) is 24.7 Å². The van der Waals surface area contributed by atoms with Gasteiger partial charge in [0.2, 0.25) is 0 Å². The van der Waals surface area contributed by atoms with Gasteiger partial charge in [-0.2, -0.15) is 0 Å². The molecule has 2 heteroatoms. The molecule has 2 nitrogen and oxygen atoms in total. The van der Waals surface area contributed by atoms with Crippen LogP contribution in [0.5, 0.6) is 0 Å². The largest absolute Gasteiger partial charge is 0.312 e. The quantitative estimate of drug-likeness (QED) is 0.700. The molecule has 1 atom stereocenters. The standard InChI is InChI=1S/C13H28N2/c1-12(2,3)15-10-9-14-11-7-6-8-13(11,4)5/h11,14-15H,6-10H2,1-5H3. The van der Waals surface area contributed by atoms with E-state index in [1.807, 2.05) is 0 Å². The van der Waals surface area contributed by atoms with Crippen LogP contribution in [-0.4, -0.2) is 24.7 Å². The van der Waals surface area contributed by atoms with Gasteiger partial charge in [-0.3, -0.25) is 0 Å². The predicted molar refractivity (Wildman–Crippen MR) is 67.2 cm³/mol. The highest BCUT2D eigenvalue weighted by atomic mass is 15.0. The third-order valence-electron chi connectivity index (χ3n) is 3.43. The molecule has 1 unspecified atom stereocenters. The highest BCUT2D eigenvalue weighted by Crippen LogP contribution is 2.36. The molecule has 0 aromatic carbocycles. The van der Waals surface area contributed by atoms with Gasteiger partial charge >= 0.3 is 0 Å². The fourth-order valence-electron chi connectivity index (χ4n) is 2.39. The van der Waals surface area contributed by atoms with Gasteiger partial charge in [0.25, 0.3) is 0 Å². The Morgan fingerprint density at radius 2 is 1.87 bits per heavy atom. The third kappa shape index (κ3) is 4.52. The van der Waals surface area contributed by atoms with Crippen molar-refractivity contribution in [3.63, 3.8) is 0 Å². The molecule has 0 aliphatic heterocycles. The van der Waals surface area contributed by atoms with Crippen molar-refractivity contribution in [1.29, 1.82) is 0 Å². The van der Waals surface area contributed by atoms with E-state index in [9.17, 15) is 0 Å². The fraction of sp³-hybridized carbons (Fsp3) is 1.00. The fourth-order valence-corrected chi connectivity index (χ4v) is 2.39. The lowest BCUT2D eigenvalue weighted by Crippen LogP contribution is -2.44. The molecule has 90 valence electrons. The molecule has 1 fully saturated rings. The minimum atomic E-state index is 0.243. The Hall–Kier alpha value is -0.0800. The first-order valence-electron chi connectivity index (χ1n) is 6.30. The number of nitrogens with one attached hydrogen (secondary N) is 2. The van der Waals surface area contributed by atoms with E-state index in [0.29, 0.717) is 5.41 Å². The van der Waals surface area contributed by atoms with Crippen LogP contribution in [-0.2, 0) is 0 Å². The Morgan fingerprint density at radius 1 is 1.20 bits per heavy atom. The Bertz CT molecular complexity index is 191. The monoisotopic (exact) mass is 212 g/mol. The molecular formula is C13H28N2. The lowest BCUT2D eigenvalue weighted by atomic mass is 9.87. The summed E-state index contributed by atoms with van der Waals surface area (Å²) in [6.45, 7) is 13.6. The van der Waals surface area contributed by atoms with E-state index in [-0.39, 0.29) is 5.54 Å². The Morgan fingerprint density at radius 3 is 2.33 bits per heavy atom. The second-order valence-electron chi connectivity index (χ2n) is 6.56. The number of hydrogen-bond donors (Lipinski definition) is 2. The zero-order valence-electron chi connectivity index (χ0n) is 11.1. The van der Waals surface area contributed by atoms with E-state index in [1.54, 1.807) is 0 Å². The van der Waals surface area contributed by atoms with Crippen LogP contribution in [0, 0.1) is 5.41 Å². The lowest BCUT2D eigenvalue weighted by molar-refractivity contribution is 0.280. The second kappa shape index (κ2) is 4.84. The lowest BCUT2D eigenvalue weighted by Gasteiger charge is -2.29. The molecule has 0 aromatic heterocycles. The summed E-state index contributed by atoms with van der Waals surface area (Å²) in [6, 6.07) is 0.722. The molecule has 0 saturated heterocycles. The summed E-state index contributed by atoms with van der Waals surface area (Å²) < 4.78 is 0. The Kier molecular flexibility index (Phi) is 4.19. The maximum Gasteiger partial charge on any atom is 0.0119 e. The van der Waals surface area contributed by atoms with Crippen LogP contribution >= 0.6 is 0 Å². The van der Waals surface area contributed by atoms with Gasteiger partial charge in [-0.25, -0.2) is 0 Å². The van der Waals surface area contributed by atoms with E-state index in [2.05, 4.69) is 45.3 Å². The summed E-state index contributed by atoms with van der Waals surface area (Å²) >= 11 is 0. The zero-order valence-corrected chi connectivity index (χ0v) is 11.1. The highest BCUT2D eigenvalue weighted by molar-refractivity contribution is 4.90. The molecule has 1 saturated carbocycles. The van der Waals surface area contributed by atoms with Crippen molar-refractivity contribution in [3.05, 3.63) is 0 Å². The SMILES string of the molecule is CC(C)(C)NCCNC1CCCC1(C)C. The van der Waals surface area contributed by atoms with Crippen LogP contribution < -0.4 is 10.6 Å². The molecule has 2 N–H and O–H groups in total. The van der Waals surface area contributed by atoms with Crippen LogP contribution in [0.2, 0.25) is 0 Å². The van der Waals surface area contributed by atoms with Gasteiger partial charge in [0.15, 0.2) is 0 Å². The van der Waals surface area contributed by atoms with Gasteiger partial charge in [-0.15, -0.1) is 0 Å². The molecule has 0 radical (unpaired) electrons. The van der Waals surface area contributed by atoms with Gasteiger partial charge in [-0.1, -0.05) is 20.3 Å². The summed E-state index contributed by atoms with van der Waals surface area (Å²) in [5.74, 6) is 0. The molecule has 0 heterocycles. The first-order valence-corrected chi connectivity index (χ1v) is 6.30. The first kappa shape index (κ1) is 13.0. The van der Waals surface area contributed by atoms with Crippen molar-refractivity contribution in [2.45, 2.75) is 65.5 Å². The summed E-state index contributed by atoms with van der Waals surface area (Å²) in [7, 11) is 0.